The Labute approximate surface area is 127 Å². The molecule has 0 aromatic heterocycles. The standard InChI is InChI=1S/C17H26N2O2/c1-2-21-17(9-4-3-5-10-17)16(19-18)14-6-7-15-13(12-14)8-11-20-15/h6-7,12,16,19H,2-5,8-11,18H2,1H3. The second kappa shape index (κ2) is 6.34. The maximum Gasteiger partial charge on any atom is 0.122 e. The maximum atomic E-state index is 6.22. The van der Waals surface area contributed by atoms with E-state index in [1.54, 1.807) is 0 Å². The number of benzene rings is 1. The molecule has 1 aromatic carbocycles. The van der Waals surface area contributed by atoms with Crippen LogP contribution in [-0.4, -0.2) is 18.8 Å². The quantitative estimate of drug-likeness (QED) is 0.647. The van der Waals surface area contributed by atoms with Gasteiger partial charge in [0.2, 0.25) is 0 Å². The number of nitrogens with two attached hydrogens (primary N) is 1. The number of hydrogen-bond donors (Lipinski definition) is 2. The molecule has 1 aromatic rings. The molecule has 1 saturated carbocycles. The van der Waals surface area contributed by atoms with Gasteiger partial charge in [-0.3, -0.25) is 11.3 Å². The third kappa shape index (κ3) is 2.80. The van der Waals surface area contributed by atoms with Crippen molar-refractivity contribution in [2.24, 2.45) is 5.84 Å². The SMILES string of the molecule is CCOC1(C(NN)c2ccc3c(c2)CCO3)CCCCC1. The predicted octanol–water partition coefficient (Wildman–Crippen LogP) is 2.87. The van der Waals surface area contributed by atoms with E-state index in [9.17, 15) is 0 Å². The summed E-state index contributed by atoms with van der Waals surface area (Å²) in [6.07, 6.45) is 6.86. The van der Waals surface area contributed by atoms with Crippen LogP contribution in [0.3, 0.4) is 0 Å². The van der Waals surface area contributed by atoms with Crippen LogP contribution in [0.1, 0.15) is 56.2 Å². The number of ether oxygens (including phenoxy) is 2. The van der Waals surface area contributed by atoms with Crippen LogP contribution in [0.5, 0.6) is 5.75 Å². The molecule has 3 N–H and O–H groups in total. The van der Waals surface area contributed by atoms with E-state index in [1.165, 1.54) is 30.4 Å². The van der Waals surface area contributed by atoms with Crippen LogP contribution in [0.4, 0.5) is 0 Å². The van der Waals surface area contributed by atoms with Gasteiger partial charge in [0.1, 0.15) is 5.75 Å². The van der Waals surface area contributed by atoms with Gasteiger partial charge in [0, 0.05) is 13.0 Å². The van der Waals surface area contributed by atoms with Gasteiger partial charge in [0.05, 0.1) is 18.2 Å². The molecule has 2 aliphatic rings. The van der Waals surface area contributed by atoms with E-state index < -0.39 is 0 Å². The minimum atomic E-state index is -0.171. The minimum Gasteiger partial charge on any atom is -0.493 e. The zero-order chi connectivity index (χ0) is 14.7. The lowest BCUT2D eigenvalue weighted by Crippen LogP contribution is -2.49. The van der Waals surface area contributed by atoms with Crippen LogP contribution in [-0.2, 0) is 11.2 Å². The zero-order valence-electron chi connectivity index (χ0n) is 12.9. The van der Waals surface area contributed by atoms with Crippen LogP contribution in [0, 0.1) is 0 Å². The first-order valence-electron chi connectivity index (χ1n) is 8.15. The van der Waals surface area contributed by atoms with Gasteiger partial charge in [-0.2, -0.15) is 0 Å². The second-order valence-corrected chi connectivity index (χ2v) is 6.12. The van der Waals surface area contributed by atoms with Crippen LogP contribution in [0.25, 0.3) is 0 Å². The molecule has 4 heteroatoms. The minimum absolute atomic E-state index is 0.0450. The topological polar surface area (TPSA) is 56.5 Å². The number of hydrogen-bond acceptors (Lipinski definition) is 4. The summed E-state index contributed by atoms with van der Waals surface area (Å²) in [4.78, 5) is 0. The first kappa shape index (κ1) is 14.8. The highest BCUT2D eigenvalue weighted by Crippen LogP contribution is 2.42. The fourth-order valence-corrected chi connectivity index (χ4v) is 3.89. The first-order valence-corrected chi connectivity index (χ1v) is 8.15. The van der Waals surface area contributed by atoms with E-state index in [-0.39, 0.29) is 11.6 Å². The monoisotopic (exact) mass is 290 g/mol. The Morgan fingerprint density at radius 2 is 2.14 bits per heavy atom. The van der Waals surface area contributed by atoms with Crippen molar-refractivity contribution in [2.45, 2.75) is 57.1 Å². The zero-order valence-corrected chi connectivity index (χ0v) is 12.9. The molecule has 1 heterocycles. The van der Waals surface area contributed by atoms with Crippen LogP contribution >= 0.6 is 0 Å². The fraction of sp³-hybridized carbons (Fsp3) is 0.647. The smallest absolute Gasteiger partial charge is 0.122 e. The molecule has 1 fully saturated rings. The highest BCUT2D eigenvalue weighted by atomic mass is 16.5. The molecule has 0 saturated heterocycles. The Morgan fingerprint density at radius 1 is 1.33 bits per heavy atom. The normalized spacial score (nSPS) is 21.6. The largest absolute Gasteiger partial charge is 0.493 e. The van der Waals surface area contributed by atoms with E-state index in [0.29, 0.717) is 0 Å². The fourth-order valence-electron chi connectivity index (χ4n) is 3.89. The molecule has 4 nitrogen and oxygen atoms in total. The highest BCUT2D eigenvalue weighted by Gasteiger charge is 2.41. The summed E-state index contributed by atoms with van der Waals surface area (Å²) in [6.45, 7) is 3.59. The lowest BCUT2D eigenvalue weighted by atomic mass is 9.76. The maximum absolute atomic E-state index is 6.22. The molecular weight excluding hydrogens is 264 g/mol. The van der Waals surface area contributed by atoms with Crippen LogP contribution < -0.4 is 16.0 Å². The van der Waals surface area contributed by atoms with Gasteiger partial charge in [-0.25, -0.2) is 0 Å². The molecular formula is C17H26N2O2. The molecule has 3 rings (SSSR count). The van der Waals surface area contributed by atoms with E-state index in [0.717, 1.165) is 38.2 Å². The number of rotatable bonds is 5. The first-order chi connectivity index (χ1) is 10.3. The summed E-state index contributed by atoms with van der Waals surface area (Å²) in [5, 5.41) is 0. The molecule has 1 unspecified atom stereocenters. The molecule has 1 aliphatic carbocycles. The van der Waals surface area contributed by atoms with Gasteiger partial charge in [-0.1, -0.05) is 31.4 Å². The lowest BCUT2D eigenvalue weighted by Gasteiger charge is -2.43. The van der Waals surface area contributed by atoms with Gasteiger partial charge >= 0.3 is 0 Å². The molecule has 0 spiro atoms. The van der Waals surface area contributed by atoms with Crippen LogP contribution in [0.2, 0.25) is 0 Å². The van der Waals surface area contributed by atoms with Crippen molar-refractivity contribution in [3.05, 3.63) is 29.3 Å². The molecule has 21 heavy (non-hydrogen) atoms. The third-order valence-corrected chi connectivity index (χ3v) is 4.87. The number of hydrazine groups is 1. The molecule has 0 radical (unpaired) electrons. The lowest BCUT2D eigenvalue weighted by molar-refractivity contribution is -0.0913. The van der Waals surface area contributed by atoms with E-state index >= 15 is 0 Å². The van der Waals surface area contributed by atoms with Crippen molar-refractivity contribution in [3.8, 4) is 5.75 Å². The summed E-state index contributed by atoms with van der Waals surface area (Å²) in [5.74, 6) is 6.95. The Hall–Kier alpha value is -1.10. The number of fused-ring (bicyclic) bond motifs is 1. The second-order valence-electron chi connectivity index (χ2n) is 6.12. The predicted molar refractivity (Wildman–Crippen MR) is 83.1 cm³/mol. The molecule has 0 amide bonds. The Kier molecular flexibility index (Phi) is 4.48. The molecule has 116 valence electrons. The van der Waals surface area contributed by atoms with E-state index in [1.807, 2.05) is 0 Å². The Balaban J connectivity index is 1.91. The summed E-state index contributed by atoms with van der Waals surface area (Å²) in [5.41, 5.74) is 5.37. The van der Waals surface area contributed by atoms with Crippen LogP contribution in [0.15, 0.2) is 18.2 Å². The van der Waals surface area contributed by atoms with Crippen molar-refractivity contribution in [1.29, 1.82) is 0 Å². The summed E-state index contributed by atoms with van der Waals surface area (Å²) < 4.78 is 11.8. The average Bonchev–Trinajstić information content (AvgIpc) is 2.97. The summed E-state index contributed by atoms with van der Waals surface area (Å²) >= 11 is 0. The van der Waals surface area contributed by atoms with Crippen molar-refractivity contribution < 1.29 is 9.47 Å². The molecule has 1 atom stereocenters. The van der Waals surface area contributed by atoms with Crippen molar-refractivity contribution >= 4 is 0 Å². The molecule has 1 aliphatic heterocycles. The van der Waals surface area contributed by atoms with Gasteiger partial charge < -0.3 is 9.47 Å². The summed E-state index contributed by atoms with van der Waals surface area (Å²) in [7, 11) is 0. The van der Waals surface area contributed by atoms with Crippen molar-refractivity contribution in [1.82, 2.24) is 5.43 Å². The molecule has 0 bridgehead atoms. The average molecular weight is 290 g/mol. The van der Waals surface area contributed by atoms with Gasteiger partial charge in [-0.15, -0.1) is 0 Å². The van der Waals surface area contributed by atoms with E-state index in [2.05, 4.69) is 30.5 Å². The Morgan fingerprint density at radius 3 is 2.86 bits per heavy atom. The van der Waals surface area contributed by atoms with Crippen molar-refractivity contribution in [2.75, 3.05) is 13.2 Å². The van der Waals surface area contributed by atoms with Crippen molar-refractivity contribution in [3.63, 3.8) is 0 Å². The van der Waals surface area contributed by atoms with E-state index in [4.69, 9.17) is 15.3 Å². The van der Waals surface area contributed by atoms with Gasteiger partial charge in [-0.05, 0) is 37.0 Å². The number of nitrogens with one attached hydrogen (secondary N) is 1. The Bertz CT molecular complexity index is 478. The van der Waals surface area contributed by atoms with Gasteiger partial charge in [0.25, 0.3) is 0 Å². The third-order valence-electron chi connectivity index (χ3n) is 4.87. The van der Waals surface area contributed by atoms with Gasteiger partial charge in [0.15, 0.2) is 0 Å². The summed E-state index contributed by atoms with van der Waals surface area (Å²) in [6, 6.07) is 6.49. The highest BCUT2D eigenvalue weighted by molar-refractivity contribution is 5.41.